The van der Waals surface area contributed by atoms with Gasteiger partial charge in [0, 0.05) is 17.5 Å². The van der Waals surface area contributed by atoms with Crippen molar-refractivity contribution < 1.29 is 9.59 Å². The fraction of sp³-hybridized carbons (Fsp3) is 0.440. The molecule has 1 N–H and O–H groups in total. The van der Waals surface area contributed by atoms with E-state index in [9.17, 15) is 9.59 Å². The van der Waals surface area contributed by atoms with Crippen LogP contribution in [0.15, 0.2) is 53.4 Å². The Morgan fingerprint density at radius 2 is 1.57 bits per heavy atom. The zero-order valence-electron chi connectivity index (χ0n) is 18.2. The smallest absolute Gasteiger partial charge is 0.242 e. The molecule has 2 aromatic rings. The van der Waals surface area contributed by atoms with Crippen LogP contribution in [0.25, 0.3) is 0 Å². The maximum Gasteiger partial charge on any atom is 0.242 e. The van der Waals surface area contributed by atoms with E-state index < -0.39 is 6.04 Å². The lowest BCUT2D eigenvalue weighted by Crippen LogP contribution is -2.50. The number of carbonyl (C=O) groups is 2. The fourth-order valence-electron chi connectivity index (χ4n) is 3.73. The first-order valence-electron chi connectivity index (χ1n) is 10.8. The fourth-order valence-corrected chi connectivity index (χ4v) is 4.51. The number of aryl methyl sites for hydroxylation is 2. The lowest BCUT2D eigenvalue weighted by atomic mass is 10.1. The summed E-state index contributed by atoms with van der Waals surface area (Å²) in [5.74, 6) is 0.244. The number of rotatable bonds is 8. The summed E-state index contributed by atoms with van der Waals surface area (Å²) in [5.41, 5.74) is 3.41. The predicted molar refractivity (Wildman–Crippen MR) is 123 cm³/mol. The zero-order valence-corrected chi connectivity index (χ0v) is 19.0. The summed E-state index contributed by atoms with van der Waals surface area (Å²) in [6.07, 6.45) is 4.40. The molecule has 2 aromatic carbocycles. The molecule has 0 bridgehead atoms. The highest BCUT2D eigenvalue weighted by molar-refractivity contribution is 8.00. The van der Waals surface area contributed by atoms with E-state index in [-0.39, 0.29) is 17.9 Å². The van der Waals surface area contributed by atoms with Crippen molar-refractivity contribution in [1.29, 1.82) is 0 Å². The molecule has 1 aliphatic carbocycles. The van der Waals surface area contributed by atoms with Crippen molar-refractivity contribution in [2.24, 2.45) is 0 Å². The van der Waals surface area contributed by atoms with E-state index in [0.29, 0.717) is 12.3 Å². The Balaban J connectivity index is 1.69. The topological polar surface area (TPSA) is 49.4 Å². The van der Waals surface area contributed by atoms with Gasteiger partial charge in [0.1, 0.15) is 6.04 Å². The number of nitrogens with zero attached hydrogens (tertiary/aromatic N) is 1. The number of carbonyl (C=O) groups excluding carboxylic acids is 2. The minimum Gasteiger partial charge on any atom is -0.352 e. The highest BCUT2D eigenvalue weighted by Gasteiger charge is 2.28. The van der Waals surface area contributed by atoms with Crippen LogP contribution in [0.4, 0.5) is 0 Å². The maximum absolute atomic E-state index is 13.2. The number of hydrogen-bond donors (Lipinski definition) is 1. The molecule has 0 aromatic heterocycles. The van der Waals surface area contributed by atoms with Gasteiger partial charge in [-0.3, -0.25) is 9.59 Å². The summed E-state index contributed by atoms with van der Waals surface area (Å²) in [6.45, 7) is 6.37. The summed E-state index contributed by atoms with van der Waals surface area (Å²) in [4.78, 5) is 28.8. The summed E-state index contributed by atoms with van der Waals surface area (Å²) in [7, 11) is 0. The van der Waals surface area contributed by atoms with E-state index >= 15 is 0 Å². The molecule has 1 aliphatic rings. The van der Waals surface area contributed by atoms with E-state index in [0.717, 1.165) is 23.3 Å². The van der Waals surface area contributed by atoms with E-state index in [1.807, 2.05) is 57.2 Å². The molecule has 3 rings (SSSR count). The largest absolute Gasteiger partial charge is 0.352 e. The molecule has 2 amide bonds. The van der Waals surface area contributed by atoms with Crippen LogP contribution in [0.2, 0.25) is 0 Å². The minimum absolute atomic E-state index is 0.0183. The highest BCUT2D eigenvalue weighted by atomic mass is 32.2. The van der Waals surface area contributed by atoms with Crippen molar-refractivity contribution in [3.8, 4) is 0 Å². The number of amides is 2. The molecule has 0 saturated heterocycles. The summed E-state index contributed by atoms with van der Waals surface area (Å²) < 4.78 is 0. The van der Waals surface area contributed by atoms with E-state index in [1.165, 1.54) is 35.7 Å². The first kappa shape index (κ1) is 22.4. The Labute approximate surface area is 184 Å². The van der Waals surface area contributed by atoms with Crippen molar-refractivity contribution in [3.63, 3.8) is 0 Å². The normalized spacial score (nSPS) is 15.0. The van der Waals surface area contributed by atoms with Gasteiger partial charge in [0.2, 0.25) is 11.8 Å². The SMILES string of the molecule is Cc1ccc(CN(C(=O)CSc2ccc(C)cc2)[C@@H](C)C(=O)NC2CCCC2)cc1. The summed E-state index contributed by atoms with van der Waals surface area (Å²) in [6, 6.07) is 16.1. The second-order valence-corrected chi connectivity index (χ2v) is 9.32. The molecule has 0 unspecified atom stereocenters. The molecule has 5 heteroatoms. The van der Waals surface area contributed by atoms with Crippen LogP contribution in [0, 0.1) is 13.8 Å². The van der Waals surface area contributed by atoms with Gasteiger partial charge in [0.25, 0.3) is 0 Å². The van der Waals surface area contributed by atoms with Gasteiger partial charge >= 0.3 is 0 Å². The standard InChI is InChI=1S/C25H32N2O2S/c1-18-8-12-21(13-9-18)16-27(20(3)25(29)26-22-6-4-5-7-22)24(28)17-30-23-14-10-19(2)11-15-23/h8-15,20,22H,4-7,16-17H2,1-3H3,(H,26,29)/t20-/m0/s1. The van der Waals surface area contributed by atoms with Crippen molar-refractivity contribution in [1.82, 2.24) is 10.2 Å². The van der Waals surface area contributed by atoms with E-state index in [4.69, 9.17) is 0 Å². The second kappa shape index (κ2) is 10.7. The Morgan fingerprint density at radius 1 is 1.00 bits per heavy atom. The Kier molecular flexibility index (Phi) is 7.97. The van der Waals surface area contributed by atoms with Crippen molar-refractivity contribution in [3.05, 3.63) is 65.2 Å². The van der Waals surface area contributed by atoms with Crippen molar-refractivity contribution in [2.75, 3.05) is 5.75 Å². The third-order valence-electron chi connectivity index (χ3n) is 5.73. The molecule has 30 heavy (non-hydrogen) atoms. The van der Waals surface area contributed by atoms with Gasteiger partial charge in [0.05, 0.1) is 5.75 Å². The number of nitrogens with one attached hydrogen (secondary N) is 1. The van der Waals surface area contributed by atoms with Gasteiger partial charge in [-0.2, -0.15) is 0 Å². The molecule has 160 valence electrons. The Bertz CT molecular complexity index is 842. The molecule has 0 heterocycles. The van der Waals surface area contributed by atoms with E-state index in [2.05, 4.69) is 17.4 Å². The highest BCUT2D eigenvalue weighted by Crippen LogP contribution is 2.21. The van der Waals surface area contributed by atoms with Crippen molar-refractivity contribution >= 4 is 23.6 Å². The Morgan fingerprint density at radius 3 is 2.17 bits per heavy atom. The monoisotopic (exact) mass is 424 g/mol. The van der Waals surface area contributed by atoms with Crippen LogP contribution in [-0.4, -0.2) is 34.6 Å². The van der Waals surface area contributed by atoms with Crippen LogP contribution < -0.4 is 5.32 Å². The van der Waals surface area contributed by atoms with Crippen LogP contribution in [-0.2, 0) is 16.1 Å². The van der Waals surface area contributed by atoms with E-state index in [1.54, 1.807) is 4.90 Å². The first-order chi connectivity index (χ1) is 14.4. The number of benzene rings is 2. The molecule has 0 aliphatic heterocycles. The molecule has 1 saturated carbocycles. The van der Waals surface area contributed by atoms with Gasteiger partial charge in [-0.05, 0) is 51.3 Å². The first-order valence-corrected chi connectivity index (χ1v) is 11.8. The molecule has 0 spiro atoms. The lowest BCUT2D eigenvalue weighted by Gasteiger charge is -2.29. The predicted octanol–water partition coefficient (Wildman–Crippen LogP) is 4.87. The molecule has 1 atom stereocenters. The third kappa shape index (κ3) is 6.36. The third-order valence-corrected chi connectivity index (χ3v) is 6.72. The summed E-state index contributed by atoms with van der Waals surface area (Å²) in [5, 5.41) is 3.15. The van der Waals surface area contributed by atoms with Crippen LogP contribution in [0.3, 0.4) is 0 Å². The minimum atomic E-state index is -0.502. The molecule has 1 fully saturated rings. The van der Waals surface area contributed by atoms with Gasteiger partial charge < -0.3 is 10.2 Å². The quantitative estimate of drug-likeness (QED) is 0.615. The zero-order chi connectivity index (χ0) is 21.5. The van der Waals surface area contributed by atoms with Gasteiger partial charge in [0.15, 0.2) is 0 Å². The van der Waals surface area contributed by atoms with Crippen LogP contribution >= 0.6 is 11.8 Å². The van der Waals surface area contributed by atoms with Crippen molar-refractivity contribution in [2.45, 2.75) is 70.0 Å². The molecule has 4 nitrogen and oxygen atoms in total. The average molecular weight is 425 g/mol. The lowest BCUT2D eigenvalue weighted by molar-refractivity contribution is -0.138. The summed E-state index contributed by atoms with van der Waals surface area (Å²) >= 11 is 1.52. The molecular formula is C25H32N2O2S. The van der Waals surface area contributed by atoms with Gasteiger partial charge in [-0.25, -0.2) is 0 Å². The van der Waals surface area contributed by atoms with Crippen LogP contribution in [0.5, 0.6) is 0 Å². The van der Waals surface area contributed by atoms with Gasteiger partial charge in [-0.15, -0.1) is 11.8 Å². The maximum atomic E-state index is 13.2. The second-order valence-electron chi connectivity index (χ2n) is 8.27. The average Bonchev–Trinajstić information content (AvgIpc) is 3.25. The number of thioether (sulfide) groups is 1. The molecule has 0 radical (unpaired) electrons. The van der Waals surface area contributed by atoms with Crippen LogP contribution in [0.1, 0.15) is 49.3 Å². The number of hydrogen-bond acceptors (Lipinski definition) is 3. The Hall–Kier alpha value is -2.27. The van der Waals surface area contributed by atoms with Gasteiger partial charge in [-0.1, -0.05) is 60.4 Å². The molecular weight excluding hydrogens is 392 g/mol.